The Kier molecular flexibility index (Phi) is 13.1. The first kappa shape index (κ1) is 24.7. The van der Waals surface area contributed by atoms with Gasteiger partial charge < -0.3 is 27.2 Å². The van der Waals surface area contributed by atoms with E-state index in [2.05, 4.69) is 10.6 Å². The maximum absolute atomic E-state index is 12.6. The summed E-state index contributed by atoms with van der Waals surface area (Å²) in [6, 6.07) is -2.51. The number of nitrogens with two attached hydrogens (primary N) is 2. The molecular formula is C17H34N4O4S. The van der Waals surface area contributed by atoms with Crippen LogP contribution in [0.25, 0.3) is 0 Å². The Balaban J connectivity index is 4.95. The van der Waals surface area contributed by atoms with E-state index < -0.39 is 35.9 Å². The van der Waals surface area contributed by atoms with Crippen LogP contribution >= 0.6 is 11.8 Å². The van der Waals surface area contributed by atoms with Crippen LogP contribution in [0.5, 0.6) is 0 Å². The first-order valence-corrected chi connectivity index (χ1v) is 10.5. The van der Waals surface area contributed by atoms with Crippen LogP contribution in [0.2, 0.25) is 0 Å². The molecule has 0 aliphatic rings. The highest BCUT2D eigenvalue weighted by Gasteiger charge is 2.30. The molecule has 2 amide bonds. The number of hydrogen-bond acceptors (Lipinski definition) is 6. The largest absolute Gasteiger partial charge is 0.480 e. The number of carbonyl (C=O) groups excluding carboxylic acids is 2. The summed E-state index contributed by atoms with van der Waals surface area (Å²) in [5, 5.41) is 14.5. The third kappa shape index (κ3) is 9.40. The Morgan fingerprint density at radius 2 is 1.77 bits per heavy atom. The standard InChI is InChI=1S/C17H34N4O4S/c1-4-11(2)14(21-15(22)12(19)8-10-26-3)16(23)20-13(17(24)25)7-5-6-9-18/h11-14H,4-10,18-19H2,1-3H3,(H,20,23)(H,21,22)(H,24,25). The molecule has 0 aliphatic carbocycles. The van der Waals surface area contributed by atoms with Crippen LogP contribution in [0.3, 0.4) is 0 Å². The summed E-state index contributed by atoms with van der Waals surface area (Å²) in [6.07, 6.45) is 4.69. The van der Waals surface area contributed by atoms with Gasteiger partial charge in [-0.25, -0.2) is 4.79 Å². The van der Waals surface area contributed by atoms with E-state index in [4.69, 9.17) is 11.5 Å². The maximum Gasteiger partial charge on any atom is 0.326 e. The highest BCUT2D eigenvalue weighted by molar-refractivity contribution is 7.98. The van der Waals surface area contributed by atoms with Crippen molar-refractivity contribution in [3.63, 3.8) is 0 Å². The average Bonchev–Trinajstić information content (AvgIpc) is 2.62. The van der Waals surface area contributed by atoms with E-state index in [-0.39, 0.29) is 5.92 Å². The highest BCUT2D eigenvalue weighted by Crippen LogP contribution is 2.10. The second kappa shape index (κ2) is 13.8. The van der Waals surface area contributed by atoms with Crippen LogP contribution in [0.15, 0.2) is 0 Å². The molecule has 26 heavy (non-hydrogen) atoms. The zero-order valence-corrected chi connectivity index (χ0v) is 16.8. The van der Waals surface area contributed by atoms with Crippen LogP contribution in [-0.2, 0) is 14.4 Å². The molecule has 0 aromatic carbocycles. The molecule has 4 unspecified atom stereocenters. The fourth-order valence-corrected chi connectivity index (χ4v) is 2.84. The van der Waals surface area contributed by atoms with Gasteiger partial charge in [-0.1, -0.05) is 20.3 Å². The van der Waals surface area contributed by atoms with Gasteiger partial charge in [0.2, 0.25) is 11.8 Å². The van der Waals surface area contributed by atoms with Gasteiger partial charge in [0.05, 0.1) is 6.04 Å². The lowest BCUT2D eigenvalue weighted by atomic mass is 9.97. The molecule has 0 saturated heterocycles. The number of carboxylic acid groups (broad SMARTS) is 1. The predicted octanol–water partition coefficient (Wildman–Crippen LogP) is 0.296. The van der Waals surface area contributed by atoms with Gasteiger partial charge in [-0.05, 0) is 50.2 Å². The Bertz CT molecular complexity index is 450. The van der Waals surface area contributed by atoms with Crippen LogP contribution in [0.4, 0.5) is 0 Å². The van der Waals surface area contributed by atoms with E-state index in [1.54, 1.807) is 11.8 Å². The molecule has 0 heterocycles. The predicted molar refractivity (Wildman–Crippen MR) is 105 cm³/mol. The van der Waals surface area contributed by atoms with Crippen molar-refractivity contribution in [1.29, 1.82) is 0 Å². The molecule has 0 aromatic rings. The highest BCUT2D eigenvalue weighted by atomic mass is 32.2. The quantitative estimate of drug-likeness (QED) is 0.268. The van der Waals surface area contributed by atoms with E-state index in [0.29, 0.717) is 38.6 Å². The first-order valence-electron chi connectivity index (χ1n) is 9.06. The lowest BCUT2D eigenvalue weighted by molar-refractivity contribution is -0.142. The summed E-state index contributed by atoms with van der Waals surface area (Å²) in [6.45, 7) is 4.21. The number of amides is 2. The molecule has 0 saturated carbocycles. The third-order valence-electron chi connectivity index (χ3n) is 4.32. The minimum atomic E-state index is -1.10. The summed E-state index contributed by atoms with van der Waals surface area (Å²) in [5.41, 5.74) is 11.3. The molecule has 8 nitrogen and oxygen atoms in total. The van der Waals surface area contributed by atoms with Gasteiger partial charge in [0, 0.05) is 0 Å². The van der Waals surface area contributed by atoms with E-state index >= 15 is 0 Å². The lowest BCUT2D eigenvalue weighted by Gasteiger charge is -2.26. The van der Waals surface area contributed by atoms with Gasteiger partial charge in [-0.3, -0.25) is 9.59 Å². The molecule has 0 bridgehead atoms. The van der Waals surface area contributed by atoms with E-state index in [1.807, 2.05) is 20.1 Å². The minimum Gasteiger partial charge on any atom is -0.480 e. The Morgan fingerprint density at radius 3 is 2.27 bits per heavy atom. The van der Waals surface area contributed by atoms with Crippen LogP contribution in [0.1, 0.15) is 46.0 Å². The number of thioether (sulfide) groups is 1. The number of aliphatic carboxylic acids is 1. The van der Waals surface area contributed by atoms with E-state index in [0.717, 1.165) is 5.75 Å². The van der Waals surface area contributed by atoms with Crippen molar-refractivity contribution in [2.75, 3.05) is 18.6 Å². The zero-order chi connectivity index (χ0) is 20.1. The van der Waals surface area contributed by atoms with Gasteiger partial charge in [-0.2, -0.15) is 11.8 Å². The number of nitrogens with one attached hydrogen (secondary N) is 2. The second-order valence-corrected chi connectivity index (χ2v) is 7.43. The summed E-state index contributed by atoms with van der Waals surface area (Å²) < 4.78 is 0. The number of carboxylic acids is 1. The topological polar surface area (TPSA) is 148 Å². The summed E-state index contributed by atoms with van der Waals surface area (Å²) >= 11 is 1.59. The SMILES string of the molecule is CCC(C)C(NC(=O)C(N)CCSC)C(=O)NC(CCCCN)C(=O)O. The van der Waals surface area contributed by atoms with Gasteiger partial charge in [-0.15, -0.1) is 0 Å². The van der Waals surface area contributed by atoms with Crippen LogP contribution < -0.4 is 22.1 Å². The molecule has 152 valence electrons. The summed E-state index contributed by atoms with van der Waals surface area (Å²) in [5.74, 6) is -1.39. The minimum absolute atomic E-state index is 0.148. The number of unbranched alkanes of at least 4 members (excludes halogenated alkanes) is 1. The molecule has 7 N–H and O–H groups in total. The lowest BCUT2D eigenvalue weighted by Crippen LogP contribution is -2.56. The number of carbonyl (C=O) groups is 3. The van der Waals surface area contributed by atoms with Gasteiger partial charge >= 0.3 is 5.97 Å². The number of rotatable bonds is 14. The van der Waals surface area contributed by atoms with Gasteiger partial charge in [0.1, 0.15) is 12.1 Å². The Hall–Kier alpha value is -1.32. The molecule has 0 aromatic heterocycles. The fourth-order valence-electron chi connectivity index (χ4n) is 2.35. The molecule has 4 atom stereocenters. The average molecular weight is 391 g/mol. The monoisotopic (exact) mass is 390 g/mol. The second-order valence-electron chi connectivity index (χ2n) is 6.44. The maximum atomic E-state index is 12.6. The fraction of sp³-hybridized carbons (Fsp3) is 0.824. The van der Waals surface area contributed by atoms with Crippen molar-refractivity contribution in [2.24, 2.45) is 17.4 Å². The molecule has 0 aliphatic heterocycles. The molecule has 0 rings (SSSR count). The van der Waals surface area contributed by atoms with Crippen molar-refractivity contribution in [3.8, 4) is 0 Å². The van der Waals surface area contributed by atoms with Gasteiger partial charge in [0.25, 0.3) is 0 Å². The van der Waals surface area contributed by atoms with Crippen molar-refractivity contribution in [2.45, 2.75) is 64.1 Å². The smallest absolute Gasteiger partial charge is 0.326 e. The van der Waals surface area contributed by atoms with Gasteiger partial charge in [0.15, 0.2) is 0 Å². The summed E-state index contributed by atoms with van der Waals surface area (Å²) in [4.78, 5) is 36.2. The third-order valence-corrected chi connectivity index (χ3v) is 4.97. The van der Waals surface area contributed by atoms with Crippen molar-refractivity contribution in [1.82, 2.24) is 10.6 Å². The van der Waals surface area contributed by atoms with Crippen molar-refractivity contribution >= 4 is 29.5 Å². The normalized spacial score (nSPS) is 15.6. The Morgan fingerprint density at radius 1 is 1.12 bits per heavy atom. The van der Waals surface area contributed by atoms with Crippen molar-refractivity contribution < 1.29 is 19.5 Å². The number of hydrogen-bond donors (Lipinski definition) is 5. The molecule has 0 fully saturated rings. The molecular weight excluding hydrogens is 356 g/mol. The van der Waals surface area contributed by atoms with Crippen LogP contribution in [-0.4, -0.2) is 59.6 Å². The zero-order valence-electron chi connectivity index (χ0n) is 16.0. The van der Waals surface area contributed by atoms with E-state index in [9.17, 15) is 19.5 Å². The van der Waals surface area contributed by atoms with E-state index in [1.165, 1.54) is 0 Å². The van der Waals surface area contributed by atoms with Crippen molar-refractivity contribution in [3.05, 3.63) is 0 Å². The van der Waals surface area contributed by atoms with Crippen LogP contribution in [0, 0.1) is 5.92 Å². The Labute approximate surface area is 160 Å². The molecule has 0 spiro atoms. The summed E-state index contributed by atoms with van der Waals surface area (Å²) in [7, 11) is 0. The first-order chi connectivity index (χ1) is 12.3. The molecule has 0 radical (unpaired) electrons. The molecule has 9 heteroatoms.